The number of phenolic OH excluding ortho intramolecular Hbond substituents is 1. The van der Waals surface area contributed by atoms with Crippen molar-refractivity contribution in [2.75, 3.05) is 7.11 Å². The Kier molecular flexibility index (Phi) is 8.26. The standard InChI is InChI=1S/C40H56O7/c1-23-15-18-40(35(44)45)20-19-38(6)26(33(40)24(23)2)11-13-31-37(5)22-28(42)34(36(3,4)30(37)16-17-39(31,38)7)47-32(43)14-10-25-9-12-27(41)29(21-25)46-8/h9-12,14,21,23-24,28,30-31,33-34,41-42H,13,15-20,22H2,1-8H3,(H,44,45)/b14-10-/t23-,24+,28-,30+,31-,33+,34-,37+,38-,39-,40+/m1/s1. The number of ether oxygens (including phenoxy) is 2. The number of carboxylic acid groups (broad SMARTS) is 1. The Morgan fingerprint density at radius 1 is 0.979 bits per heavy atom. The van der Waals surface area contributed by atoms with Crippen LogP contribution in [-0.2, 0) is 14.3 Å². The van der Waals surface area contributed by atoms with Crippen molar-refractivity contribution in [3.8, 4) is 11.5 Å². The second-order valence-corrected chi connectivity index (χ2v) is 17.3. The van der Waals surface area contributed by atoms with Gasteiger partial charge in [0.25, 0.3) is 0 Å². The number of esters is 1. The summed E-state index contributed by atoms with van der Waals surface area (Å²) in [5, 5.41) is 32.4. The van der Waals surface area contributed by atoms with Gasteiger partial charge in [-0.15, -0.1) is 0 Å². The number of phenols is 1. The summed E-state index contributed by atoms with van der Waals surface area (Å²) in [5.74, 6) is 0.705. The van der Waals surface area contributed by atoms with Gasteiger partial charge in [-0.05, 0) is 121 Å². The van der Waals surface area contributed by atoms with E-state index in [1.165, 1.54) is 24.8 Å². The molecule has 1 aromatic carbocycles. The van der Waals surface area contributed by atoms with E-state index in [4.69, 9.17) is 9.47 Å². The predicted molar refractivity (Wildman–Crippen MR) is 182 cm³/mol. The normalized spacial score (nSPS) is 43.9. The van der Waals surface area contributed by atoms with E-state index in [9.17, 15) is 24.9 Å². The van der Waals surface area contributed by atoms with E-state index in [-0.39, 0.29) is 33.8 Å². The van der Waals surface area contributed by atoms with Crippen LogP contribution in [0.25, 0.3) is 6.08 Å². The molecule has 0 saturated heterocycles. The summed E-state index contributed by atoms with van der Waals surface area (Å²) in [6.45, 7) is 16.2. The van der Waals surface area contributed by atoms with Crippen molar-refractivity contribution in [3.05, 3.63) is 41.5 Å². The minimum Gasteiger partial charge on any atom is -0.504 e. The van der Waals surface area contributed by atoms with Crippen LogP contribution in [0, 0.1) is 56.7 Å². The van der Waals surface area contributed by atoms with Crippen LogP contribution in [-0.4, -0.2) is 46.6 Å². The van der Waals surface area contributed by atoms with Gasteiger partial charge in [0.2, 0.25) is 0 Å². The first-order valence-electron chi connectivity index (χ1n) is 17.8. The summed E-state index contributed by atoms with van der Waals surface area (Å²) < 4.78 is 11.3. The fourth-order valence-corrected chi connectivity index (χ4v) is 12.3. The predicted octanol–water partition coefficient (Wildman–Crippen LogP) is 8.04. The number of aromatic hydroxyl groups is 1. The van der Waals surface area contributed by atoms with Crippen molar-refractivity contribution in [3.63, 3.8) is 0 Å². The summed E-state index contributed by atoms with van der Waals surface area (Å²) in [4.78, 5) is 26.1. The van der Waals surface area contributed by atoms with Crippen molar-refractivity contribution in [2.24, 2.45) is 56.7 Å². The van der Waals surface area contributed by atoms with Crippen LogP contribution in [0.2, 0.25) is 0 Å². The Hall–Kier alpha value is -2.80. The molecule has 0 radical (unpaired) electrons. The third-order valence-corrected chi connectivity index (χ3v) is 15.2. The van der Waals surface area contributed by atoms with Gasteiger partial charge in [-0.1, -0.05) is 66.2 Å². The largest absolute Gasteiger partial charge is 0.504 e. The van der Waals surface area contributed by atoms with Crippen molar-refractivity contribution >= 4 is 18.0 Å². The second kappa shape index (κ2) is 11.4. The third kappa shape index (κ3) is 4.83. The number of rotatable bonds is 5. The van der Waals surface area contributed by atoms with Crippen LogP contribution in [0.4, 0.5) is 0 Å². The highest BCUT2D eigenvalue weighted by molar-refractivity contribution is 5.87. The molecule has 5 aliphatic carbocycles. The molecule has 3 N–H and O–H groups in total. The Bertz CT molecular complexity index is 1490. The lowest BCUT2D eigenvalue weighted by molar-refractivity contribution is -0.238. The lowest BCUT2D eigenvalue weighted by Crippen LogP contribution is -2.67. The Balaban J connectivity index is 1.28. The van der Waals surface area contributed by atoms with Crippen molar-refractivity contribution in [1.82, 2.24) is 0 Å². The number of carbonyl (C=O) groups is 2. The molecule has 6 rings (SSSR count). The average Bonchev–Trinajstić information content (AvgIpc) is 3.00. The second-order valence-electron chi connectivity index (χ2n) is 17.3. The molecular formula is C40H56O7. The fourth-order valence-electron chi connectivity index (χ4n) is 12.3. The first kappa shape index (κ1) is 34.1. The summed E-state index contributed by atoms with van der Waals surface area (Å²) in [5.41, 5.74) is 0.686. The zero-order valence-electron chi connectivity index (χ0n) is 29.6. The van der Waals surface area contributed by atoms with E-state index in [2.05, 4.69) is 54.5 Å². The zero-order chi connectivity index (χ0) is 34.3. The van der Waals surface area contributed by atoms with Gasteiger partial charge in [0, 0.05) is 11.5 Å². The van der Waals surface area contributed by atoms with Gasteiger partial charge in [-0.25, -0.2) is 4.79 Å². The van der Waals surface area contributed by atoms with Gasteiger partial charge in [-0.2, -0.15) is 0 Å². The first-order valence-corrected chi connectivity index (χ1v) is 17.8. The number of methoxy groups -OCH3 is 1. The summed E-state index contributed by atoms with van der Waals surface area (Å²) in [6.07, 6.45) is 10.9. The van der Waals surface area contributed by atoms with Gasteiger partial charge in [0.15, 0.2) is 11.5 Å². The average molecular weight is 649 g/mol. The number of aliphatic carboxylic acids is 1. The fraction of sp³-hybridized carbons (Fsp3) is 0.700. The van der Waals surface area contributed by atoms with Crippen LogP contribution in [0.5, 0.6) is 11.5 Å². The lowest BCUT2D eigenvalue weighted by atomic mass is 9.33. The van der Waals surface area contributed by atoms with Gasteiger partial charge < -0.3 is 24.8 Å². The van der Waals surface area contributed by atoms with E-state index in [1.807, 2.05) is 0 Å². The summed E-state index contributed by atoms with van der Waals surface area (Å²) in [7, 11) is 1.48. The molecule has 0 amide bonds. The molecule has 7 heteroatoms. The molecule has 47 heavy (non-hydrogen) atoms. The molecule has 4 saturated carbocycles. The molecule has 4 fully saturated rings. The number of carbonyl (C=O) groups excluding carboxylic acids is 1. The molecule has 7 nitrogen and oxygen atoms in total. The van der Waals surface area contributed by atoms with Crippen molar-refractivity contribution in [2.45, 2.75) is 112 Å². The maximum absolute atomic E-state index is 13.1. The number of carboxylic acids is 1. The maximum atomic E-state index is 13.1. The molecule has 0 aromatic heterocycles. The number of benzene rings is 1. The summed E-state index contributed by atoms with van der Waals surface area (Å²) >= 11 is 0. The number of hydrogen-bond donors (Lipinski definition) is 3. The SMILES string of the molecule is COc1cc(/C=C\C(=O)O[C@@H]2[C@H](O)C[C@]3(C)[C@H]4CC=C5[C@@H]6[C@@H](C)[C@H](C)CC[C@]6(C(=O)O)CC[C@@]5(C)[C@]4(C)CC[C@H]3C2(C)C)ccc1O. The Morgan fingerprint density at radius 3 is 2.38 bits per heavy atom. The molecule has 0 aliphatic heterocycles. The quantitative estimate of drug-likeness (QED) is 0.168. The van der Waals surface area contributed by atoms with E-state index in [1.54, 1.807) is 18.2 Å². The Morgan fingerprint density at radius 2 is 1.70 bits per heavy atom. The van der Waals surface area contributed by atoms with Crippen LogP contribution >= 0.6 is 0 Å². The molecular weight excluding hydrogens is 592 g/mol. The van der Waals surface area contributed by atoms with Gasteiger partial charge >= 0.3 is 11.9 Å². The van der Waals surface area contributed by atoms with E-state index < -0.39 is 35.0 Å². The highest BCUT2D eigenvalue weighted by atomic mass is 16.6. The van der Waals surface area contributed by atoms with Gasteiger partial charge in [0.1, 0.15) is 6.10 Å². The maximum Gasteiger partial charge on any atom is 0.331 e. The molecule has 0 spiro atoms. The highest BCUT2D eigenvalue weighted by Gasteiger charge is 2.70. The highest BCUT2D eigenvalue weighted by Crippen LogP contribution is 2.75. The van der Waals surface area contributed by atoms with Crippen LogP contribution in [0.3, 0.4) is 0 Å². The number of fused-ring (bicyclic) bond motifs is 7. The first-order chi connectivity index (χ1) is 22.0. The zero-order valence-corrected chi connectivity index (χ0v) is 29.6. The lowest BCUT2D eigenvalue weighted by Gasteiger charge is -2.71. The van der Waals surface area contributed by atoms with E-state index in [0.29, 0.717) is 35.5 Å². The number of hydrogen-bond acceptors (Lipinski definition) is 6. The van der Waals surface area contributed by atoms with Crippen LogP contribution in [0.1, 0.15) is 105 Å². The molecule has 0 heterocycles. The third-order valence-electron chi connectivity index (χ3n) is 15.2. The number of allylic oxidation sites excluding steroid dienone is 2. The molecule has 0 bridgehead atoms. The smallest absolute Gasteiger partial charge is 0.331 e. The van der Waals surface area contributed by atoms with Gasteiger partial charge in [0.05, 0.1) is 18.6 Å². The monoisotopic (exact) mass is 648 g/mol. The molecule has 0 unspecified atom stereocenters. The Labute approximate surface area is 280 Å². The molecule has 1 aromatic rings. The van der Waals surface area contributed by atoms with Crippen molar-refractivity contribution in [1.29, 1.82) is 0 Å². The van der Waals surface area contributed by atoms with E-state index >= 15 is 0 Å². The number of aliphatic hydroxyl groups is 1. The minimum absolute atomic E-state index is 0.0272. The molecule has 5 aliphatic rings. The minimum atomic E-state index is -0.803. The molecule has 11 atom stereocenters. The van der Waals surface area contributed by atoms with E-state index in [0.717, 1.165) is 44.9 Å². The van der Waals surface area contributed by atoms with Crippen LogP contribution in [0.15, 0.2) is 35.9 Å². The number of aliphatic hydroxyl groups excluding tert-OH is 1. The van der Waals surface area contributed by atoms with Gasteiger partial charge in [-0.3, -0.25) is 4.79 Å². The molecule has 258 valence electrons. The van der Waals surface area contributed by atoms with Crippen molar-refractivity contribution < 1.29 is 34.4 Å². The summed E-state index contributed by atoms with van der Waals surface area (Å²) in [6, 6.07) is 4.86. The topological polar surface area (TPSA) is 113 Å². The van der Waals surface area contributed by atoms with Crippen LogP contribution < -0.4 is 4.74 Å².